The number of hydrogen-bond donors (Lipinski definition) is 1. The SMILES string of the molecule is CNC(c1ccoc1)C1(N(C)C)CCC(C)CC1. The molecule has 1 N–H and O–H groups in total. The summed E-state index contributed by atoms with van der Waals surface area (Å²) in [5.74, 6) is 0.861. The monoisotopic (exact) mass is 250 g/mol. The smallest absolute Gasteiger partial charge is 0.0951 e. The molecule has 1 aliphatic carbocycles. The average Bonchev–Trinajstić information content (AvgIpc) is 2.86. The van der Waals surface area contributed by atoms with Crippen LogP contribution in [0.5, 0.6) is 0 Å². The van der Waals surface area contributed by atoms with Gasteiger partial charge in [0.15, 0.2) is 0 Å². The number of likely N-dealkylation sites (N-methyl/N-ethyl adjacent to an activating group) is 2. The molecule has 1 aliphatic rings. The molecule has 0 spiro atoms. The van der Waals surface area contributed by atoms with E-state index in [0.29, 0.717) is 6.04 Å². The van der Waals surface area contributed by atoms with Crippen LogP contribution in [-0.2, 0) is 0 Å². The highest BCUT2D eigenvalue weighted by atomic mass is 16.3. The molecule has 0 aromatic carbocycles. The van der Waals surface area contributed by atoms with Gasteiger partial charge >= 0.3 is 0 Å². The van der Waals surface area contributed by atoms with E-state index in [2.05, 4.69) is 44.3 Å². The van der Waals surface area contributed by atoms with Crippen molar-refractivity contribution in [1.29, 1.82) is 0 Å². The molecule has 1 unspecified atom stereocenters. The fourth-order valence-electron chi connectivity index (χ4n) is 3.44. The van der Waals surface area contributed by atoms with Crippen molar-refractivity contribution in [3.8, 4) is 0 Å². The Morgan fingerprint density at radius 1 is 1.39 bits per heavy atom. The van der Waals surface area contributed by atoms with Crippen molar-refractivity contribution in [3.05, 3.63) is 24.2 Å². The van der Waals surface area contributed by atoms with Crippen molar-refractivity contribution >= 4 is 0 Å². The third-order valence-electron chi connectivity index (χ3n) is 4.73. The Hall–Kier alpha value is -0.800. The second-order valence-electron chi connectivity index (χ2n) is 5.96. The van der Waals surface area contributed by atoms with Crippen molar-refractivity contribution < 1.29 is 4.42 Å². The molecule has 3 nitrogen and oxygen atoms in total. The predicted octanol–water partition coefficient (Wildman–Crippen LogP) is 3.05. The lowest BCUT2D eigenvalue weighted by molar-refractivity contribution is 0.0453. The maximum Gasteiger partial charge on any atom is 0.0951 e. The van der Waals surface area contributed by atoms with Crippen molar-refractivity contribution in [2.45, 2.75) is 44.2 Å². The van der Waals surface area contributed by atoms with E-state index in [0.717, 1.165) is 5.92 Å². The highest BCUT2D eigenvalue weighted by Gasteiger charge is 2.43. The standard InChI is InChI=1S/C15H26N2O/c1-12-5-8-15(9-6-12,17(3)4)14(16-2)13-7-10-18-11-13/h7,10-12,14,16H,5-6,8-9H2,1-4H3. The topological polar surface area (TPSA) is 28.4 Å². The lowest BCUT2D eigenvalue weighted by Gasteiger charge is -2.49. The van der Waals surface area contributed by atoms with Crippen molar-refractivity contribution in [1.82, 2.24) is 10.2 Å². The van der Waals surface area contributed by atoms with E-state index in [1.165, 1.54) is 31.2 Å². The molecule has 3 heteroatoms. The quantitative estimate of drug-likeness (QED) is 0.890. The minimum Gasteiger partial charge on any atom is -0.472 e. The molecule has 1 aromatic heterocycles. The Kier molecular flexibility index (Phi) is 4.13. The van der Waals surface area contributed by atoms with Crippen LogP contribution in [0, 0.1) is 5.92 Å². The molecule has 1 saturated carbocycles. The highest BCUT2D eigenvalue weighted by Crippen LogP contribution is 2.43. The predicted molar refractivity (Wildman–Crippen MR) is 74.6 cm³/mol. The number of furan rings is 1. The van der Waals surface area contributed by atoms with E-state index in [4.69, 9.17) is 4.42 Å². The number of rotatable bonds is 4. The minimum atomic E-state index is 0.213. The van der Waals surface area contributed by atoms with Gasteiger partial charge in [0.25, 0.3) is 0 Å². The molecule has 1 fully saturated rings. The molecule has 0 saturated heterocycles. The first kappa shape index (κ1) is 13.6. The van der Waals surface area contributed by atoms with Gasteiger partial charge in [0.1, 0.15) is 0 Å². The maximum atomic E-state index is 5.28. The van der Waals surface area contributed by atoms with E-state index in [1.807, 2.05) is 6.26 Å². The van der Waals surface area contributed by atoms with Crippen LogP contribution < -0.4 is 5.32 Å². The Labute approximate surface area is 111 Å². The fourth-order valence-corrected chi connectivity index (χ4v) is 3.44. The molecule has 0 bridgehead atoms. The van der Waals surface area contributed by atoms with Crippen LogP contribution in [0.25, 0.3) is 0 Å². The summed E-state index contributed by atoms with van der Waals surface area (Å²) in [5.41, 5.74) is 1.48. The first-order valence-electron chi connectivity index (χ1n) is 6.97. The Balaban J connectivity index is 2.28. The van der Waals surface area contributed by atoms with E-state index in [1.54, 1.807) is 6.26 Å². The Bertz CT molecular complexity index is 351. The zero-order valence-corrected chi connectivity index (χ0v) is 12.1. The van der Waals surface area contributed by atoms with Crippen LogP contribution in [0.15, 0.2) is 23.0 Å². The zero-order valence-electron chi connectivity index (χ0n) is 12.1. The summed E-state index contributed by atoms with van der Waals surface area (Å²) in [4.78, 5) is 2.41. The Morgan fingerprint density at radius 3 is 2.50 bits per heavy atom. The normalized spacial score (nSPS) is 30.6. The minimum absolute atomic E-state index is 0.213. The molecule has 18 heavy (non-hydrogen) atoms. The van der Waals surface area contributed by atoms with Crippen LogP contribution in [0.2, 0.25) is 0 Å². The van der Waals surface area contributed by atoms with Crippen molar-refractivity contribution in [2.75, 3.05) is 21.1 Å². The van der Waals surface area contributed by atoms with Crippen molar-refractivity contribution in [2.24, 2.45) is 5.92 Å². The highest BCUT2D eigenvalue weighted by molar-refractivity contribution is 5.19. The summed E-state index contributed by atoms with van der Waals surface area (Å²) in [5, 5.41) is 3.51. The lowest BCUT2D eigenvalue weighted by atomic mass is 9.70. The molecule has 1 aromatic rings. The van der Waals surface area contributed by atoms with Crippen LogP contribution in [0.4, 0.5) is 0 Å². The van der Waals surface area contributed by atoms with Gasteiger partial charge in [-0.05, 0) is 58.8 Å². The summed E-state index contributed by atoms with van der Waals surface area (Å²) in [6.45, 7) is 2.37. The third-order valence-corrected chi connectivity index (χ3v) is 4.73. The molecule has 0 amide bonds. The summed E-state index contributed by atoms with van der Waals surface area (Å²) in [6.07, 6.45) is 8.77. The van der Waals surface area contributed by atoms with Crippen LogP contribution in [-0.4, -0.2) is 31.6 Å². The van der Waals surface area contributed by atoms with Crippen LogP contribution in [0.1, 0.15) is 44.2 Å². The average molecular weight is 250 g/mol. The first-order chi connectivity index (χ1) is 8.60. The van der Waals surface area contributed by atoms with Gasteiger partial charge in [0.05, 0.1) is 18.6 Å². The number of hydrogen-bond acceptors (Lipinski definition) is 3. The Morgan fingerprint density at radius 2 is 2.06 bits per heavy atom. The van der Waals surface area contributed by atoms with E-state index >= 15 is 0 Å². The third kappa shape index (κ3) is 2.34. The largest absolute Gasteiger partial charge is 0.472 e. The molecular weight excluding hydrogens is 224 g/mol. The number of nitrogens with zero attached hydrogens (tertiary/aromatic N) is 1. The fraction of sp³-hybridized carbons (Fsp3) is 0.733. The van der Waals surface area contributed by atoms with E-state index in [-0.39, 0.29) is 5.54 Å². The van der Waals surface area contributed by atoms with Gasteiger partial charge in [0, 0.05) is 11.1 Å². The van der Waals surface area contributed by atoms with Gasteiger partial charge in [-0.3, -0.25) is 0 Å². The maximum absolute atomic E-state index is 5.28. The summed E-state index contributed by atoms with van der Waals surface area (Å²) in [7, 11) is 6.47. The molecule has 102 valence electrons. The van der Waals surface area contributed by atoms with Gasteiger partial charge in [-0.1, -0.05) is 6.92 Å². The molecule has 0 aliphatic heterocycles. The van der Waals surface area contributed by atoms with Gasteiger partial charge in [-0.15, -0.1) is 0 Å². The van der Waals surface area contributed by atoms with E-state index < -0.39 is 0 Å². The first-order valence-corrected chi connectivity index (χ1v) is 6.97. The second kappa shape index (κ2) is 5.45. The molecular formula is C15H26N2O. The number of nitrogens with one attached hydrogen (secondary N) is 1. The van der Waals surface area contributed by atoms with Crippen LogP contribution >= 0.6 is 0 Å². The van der Waals surface area contributed by atoms with Gasteiger partial charge in [-0.25, -0.2) is 0 Å². The molecule has 2 rings (SSSR count). The summed E-state index contributed by atoms with van der Waals surface area (Å²) >= 11 is 0. The lowest BCUT2D eigenvalue weighted by Crippen LogP contribution is -2.54. The van der Waals surface area contributed by atoms with Crippen LogP contribution in [0.3, 0.4) is 0 Å². The summed E-state index contributed by atoms with van der Waals surface area (Å²) in [6, 6.07) is 2.43. The van der Waals surface area contributed by atoms with Crippen molar-refractivity contribution in [3.63, 3.8) is 0 Å². The molecule has 1 heterocycles. The summed E-state index contributed by atoms with van der Waals surface area (Å²) < 4.78 is 5.28. The van der Waals surface area contributed by atoms with Gasteiger partial charge in [0.2, 0.25) is 0 Å². The zero-order chi connectivity index (χ0) is 13.2. The molecule has 1 atom stereocenters. The molecule has 0 radical (unpaired) electrons. The van der Waals surface area contributed by atoms with Gasteiger partial charge < -0.3 is 14.6 Å². The second-order valence-corrected chi connectivity index (χ2v) is 5.96. The van der Waals surface area contributed by atoms with Gasteiger partial charge in [-0.2, -0.15) is 0 Å². The van der Waals surface area contributed by atoms with E-state index in [9.17, 15) is 0 Å².